The van der Waals surface area contributed by atoms with Crippen molar-refractivity contribution >= 4 is 5.69 Å². The average Bonchev–Trinajstić information content (AvgIpc) is 2.26. The Kier molecular flexibility index (Phi) is 6.47. The van der Waals surface area contributed by atoms with Crippen molar-refractivity contribution in [3.63, 3.8) is 0 Å². The third kappa shape index (κ3) is 6.39. The lowest BCUT2D eigenvalue weighted by Gasteiger charge is -2.12. The molecule has 1 aromatic carbocycles. The maximum absolute atomic E-state index is 11.2. The van der Waals surface area contributed by atoms with Crippen LogP contribution in [0.25, 0.3) is 0 Å². The van der Waals surface area contributed by atoms with Crippen LogP contribution in [0.15, 0.2) is 42.0 Å². The number of allylic oxidation sites excluding steroid dienone is 1. The van der Waals surface area contributed by atoms with Crippen LogP contribution in [-0.2, 0) is 0 Å². The molecule has 1 N–H and O–H groups in total. The van der Waals surface area contributed by atoms with Crippen molar-refractivity contribution < 1.29 is 35.1 Å². The van der Waals surface area contributed by atoms with Crippen molar-refractivity contribution in [2.75, 3.05) is 12.4 Å². The normalized spacial score (nSPS) is 11.2. The van der Waals surface area contributed by atoms with E-state index in [4.69, 9.17) is 0 Å². The Bertz CT molecular complexity index is 412. The second-order valence-electron chi connectivity index (χ2n) is 3.25. The Morgan fingerprint density at radius 1 is 0.850 bits per heavy atom. The molecule has 0 fully saturated rings. The van der Waals surface area contributed by atoms with Crippen LogP contribution >= 0.6 is 0 Å². The predicted octanol–water partition coefficient (Wildman–Crippen LogP) is 4.99. The number of halogens is 8. The van der Waals surface area contributed by atoms with Crippen LogP contribution in [0.4, 0.5) is 40.8 Å². The molecule has 20 heavy (non-hydrogen) atoms. The highest BCUT2D eigenvalue weighted by Crippen LogP contribution is 2.41. The predicted molar refractivity (Wildman–Crippen MR) is 57.3 cm³/mol. The van der Waals surface area contributed by atoms with Crippen LogP contribution in [0.1, 0.15) is 0 Å². The van der Waals surface area contributed by atoms with Gasteiger partial charge in [0, 0.05) is 12.7 Å². The Morgan fingerprint density at radius 3 is 1.40 bits per heavy atom. The molecule has 0 saturated carbocycles. The smallest absolute Gasteiger partial charge is 0.388 e. The number of anilines is 1. The van der Waals surface area contributed by atoms with Gasteiger partial charge in [-0.1, -0.05) is 18.2 Å². The highest BCUT2D eigenvalue weighted by molar-refractivity contribution is 5.41. The monoisotopic (exact) mass is 307 g/mol. The summed E-state index contributed by atoms with van der Waals surface area (Å²) in [6, 6.07) is 10.1. The summed E-state index contributed by atoms with van der Waals surface area (Å²) in [5.74, 6) is 0. The Balaban J connectivity index is 0.000000388. The lowest BCUT2D eigenvalue weighted by molar-refractivity contribution is -0.176. The van der Waals surface area contributed by atoms with Crippen LogP contribution < -0.4 is 5.32 Å². The van der Waals surface area contributed by atoms with Crippen molar-refractivity contribution in [1.29, 1.82) is 0 Å². The molecule has 0 atom stereocenters. The average molecular weight is 307 g/mol. The summed E-state index contributed by atoms with van der Waals surface area (Å²) in [5.41, 5.74) is -2.59. The molecule has 1 nitrogen and oxygen atoms in total. The van der Waals surface area contributed by atoms with Gasteiger partial charge in [0.1, 0.15) is 0 Å². The molecule has 0 unspecified atom stereocenters. The number of hydrogen-bond acceptors (Lipinski definition) is 1. The first-order valence-electron chi connectivity index (χ1n) is 4.92. The third-order valence-corrected chi connectivity index (χ3v) is 1.82. The molecular weight excluding hydrogens is 298 g/mol. The molecule has 0 heterocycles. The third-order valence-electron chi connectivity index (χ3n) is 1.82. The van der Waals surface area contributed by atoms with Gasteiger partial charge in [-0.3, -0.25) is 0 Å². The first kappa shape index (κ1) is 18.2. The maximum Gasteiger partial charge on any atom is 0.426 e. The molecule has 0 spiro atoms. The SMILES string of the molecule is CNc1ccccc1.FC(F)=C(C(F)(F)F)C(F)(F)F. The van der Waals surface area contributed by atoms with E-state index in [1.165, 1.54) is 0 Å². The van der Waals surface area contributed by atoms with Crippen LogP contribution in [0, 0.1) is 0 Å². The van der Waals surface area contributed by atoms with Gasteiger partial charge in [0.15, 0.2) is 0 Å². The number of rotatable bonds is 1. The first-order chi connectivity index (χ1) is 9.00. The molecule has 0 bridgehead atoms. The van der Waals surface area contributed by atoms with Gasteiger partial charge in [-0.2, -0.15) is 35.1 Å². The number of para-hydroxylation sites is 1. The van der Waals surface area contributed by atoms with Gasteiger partial charge in [0.25, 0.3) is 6.08 Å². The van der Waals surface area contributed by atoms with Gasteiger partial charge in [-0.25, -0.2) is 0 Å². The van der Waals surface area contributed by atoms with Crippen molar-refractivity contribution in [1.82, 2.24) is 0 Å². The fourth-order valence-corrected chi connectivity index (χ4v) is 0.980. The van der Waals surface area contributed by atoms with E-state index < -0.39 is 24.0 Å². The van der Waals surface area contributed by atoms with Crippen LogP contribution in [0.5, 0.6) is 0 Å². The summed E-state index contributed by atoms with van der Waals surface area (Å²) in [7, 11) is 1.91. The van der Waals surface area contributed by atoms with Gasteiger partial charge in [0.2, 0.25) is 5.57 Å². The molecule has 0 saturated heterocycles. The minimum absolute atomic E-state index is 1.16. The van der Waals surface area contributed by atoms with Crippen molar-refractivity contribution in [2.45, 2.75) is 12.4 Å². The summed E-state index contributed by atoms with van der Waals surface area (Å²) < 4.78 is 89.5. The second kappa shape index (κ2) is 7.11. The molecule has 0 radical (unpaired) electrons. The van der Waals surface area contributed by atoms with Gasteiger partial charge >= 0.3 is 12.4 Å². The molecule has 114 valence electrons. The van der Waals surface area contributed by atoms with E-state index in [-0.39, 0.29) is 0 Å². The largest absolute Gasteiger partial charge is 0.426 e. The zero-order valence-electron chi connectivity index (χ0n) is 9.91. The minimum atomic E-state index is -6.07. The Morgan fingerprint density at radius 2 is 1.25 bits per heavy atom. The van der Waals surface area contributed by atoms with Crippen LogP contribution in [0.2, 0.25) is 0 Å². The van der Waals surface area contributed by atoms with E-state index in [1.54, 1.807) is 0 Å². The number of benzene rings is 1. The number of nitrogens with one attached hydrogen (secondary N) is 1. The summed E-state index contributed by atoms with van der Waals surface area (Å²) in [6.45, 7) is 0. The lowest BCUT2D eigenvalue weighted by atomic mass is 10.3. The highest BCUT2D eigenvalue weighted by atomic mass is 19.4. The van der Waals surface area contributed by atoms with Gasteiger partial charge < -0.3 is 5.32 Å². The molecule has 0 aromatic heterocycles. The minimum Gasteiger partial charge on any atom is -0.388 e. The van der Waals surface area contributed by atoms with Crippen molar-refractivity contribution in [2.24, 2.45) is 0 Å². The number of hydrogen-bond donors (Lipinski definition) is 1. The molecule has 0 aliphatic carbocycles. The van der Waals surface area contributed by atoms with E-state index in [9.17, 15) is 35.1 Å². The quantitative estimate of drug-likeness (QED) is 0.721. The van der Waals surface area contributed by atoms with Gasteiger partial charge in [-0.05, 0) is 12.1 Å². The second-order valence-corrected chi connectivity index (χ2v) is 3.25. The fourth-order valence-electron chi connectivity index (χ4n) is 0.980. The van der Waals surface area contributed by atoms with Gasteiger partial charge in [0.05, 0.1) is 0 Å². The Labute approximate surface area is 108 Å². The fraction of sp³-hybridized carbons (Fsp3) is 0.273. The van der Waals surface area contributed by atoms with Gasteiger partial charge in [-0.15, -0.1) is 0 Å². The zero-order chi connectivity index (χ0) is 16.0. The first-order valence-corrected chi connectivity index (χ1v) is 4.92. The number of alkyl halides is 6. The maximum atomic E-state index is 11.2. The van der Waals surface area contributed by atoms with E-state index in [0.717, 1.165) is 5.69 Å². The van der Waals surface area contributed by atoms with E-state index in [2.05, 4.69) is 5.32 Å². The van der Waals surface area contributed by atoms with Crippen LogP contribution in [0.3, 0.4) is 0 Å². The highest BCUT2D eigenvalue weighted by Gasteiger charge is 2.54. The van der Waals surface area contributed by atoms with Crippen LogP contribution in [-0.4, -0.2) is 19.4 Å². The zero-order valence-corrected chi connectivity index (χ0v) is 9.91. The standard InChI is InChI=1S/C7H9N.C4F8/c1-8-7-5-3-2-4-6-7;5-2(6)1(3(7,8)9)4(10,11)12/h2-6,8H,1H3;. The summed E-state index contributed by atoms with van der Waals surface area (Å²) >= 11 is 0. The molecular formula is C11H9F8N. The van der Waals surface area contributed by atoms with E-state index >= 15 is 0 Å². The molecule has 1 rings (SSSR count). The summed E-state index contributed by atoms with van der Waals surface area (Å²) in [4.78, 5) is 0. The molecule has 1 aromatic rings. The van der Waals surface area contributed by atoms with E-state index in [0.29, 0.717) is 0 Å². The van der Waals surface area contributed by atoms with Crippen molar-refractivity contribution in [3.05, 3.63) is 42.0 Å². The molecule has 0 aliphatic rings. The lowest BCUT2D eigenvalue weighted by Crippen LogP contribution is -2.26. The molecule has 9 heteroatoms. The topological polar surface area (TPSA) is 12.0 Å². The summed E-state index contributed by atoms with van der Waals surface area (Å²) in [5, 5.41) is 3.03. The Hall–Kier alpha value is -1.80. The summed E-state index contributed by atoms with van der Waals surface area (Å²) in [6.07, 6.45) is -15.9. The molecule has 0 aliphatic heterocycles. The van der Waals surface area contributed by atoms with E-state index in [1.807, 2.05) is 37.4 Å². The van der Waals surface area contributed by atoms with Crippen molar-refractivity contribution in [3.8, 4) is 0 Å². The molecule has 0 amide bonds.